The standard InChI is InChI=1S/C19H28N4O2/c1-15(24)20-17-6-4-16(5-7-17)18(25)23-13-12-22(3)19(14-23)8-10-21(2)11-9-19/h4-7H,8-14H2,1-3H3,(H,20,24). The van der Waals surface area contributed by atoms with Crippen molar-refractivity contribution < 1.29 is 9.59 Å². The van der Waals surface area contributed by atoms with Crippen LogP contribution in [0.3, 0.4) is 0 Å². The molecule has 0 aliphatic carbocycles. The quantitative estimate of drug-likeness (QED) is 0.883. The van der Waals surface area contributed by atoms with Crippen molar-refractivity contribution in [1.29, 1.82) is 0 Å². The summed E-state index contributed by atoms with van der Waals surface area (Å²) in [5.74, 6) is -0.0249. The van der Waals surface area contributed by atoms with Crippen LogP contribution in [0.4, 0.5) is 5.69 Å². The lowest BCUT2D eigenvalue weighted by atomic mass is 9.83. The molecule has 1 aromatic rings. The smallest absolute Gasteiger partial charge is 0.253 e. The van der Waals surface area contributed by atoms with Crippen LogP contribution in [0.2, 0.25) is 0 Å². The molecule has 2 fully saturated rings. The molecule has 6 nitrogen and oxygen atoms in total. The van der Waals surface area contributed by atoms with Crippen molar-refractivity contribution in [3.8, 4) is 0 Å². The molecule has 2 aliphatic heterocycles. The summed E-state index contributed by atoms with van der Waals surface area (Å²) in [5.41, 5.74) is 1.51. The van der Waals surface area contributed by atoms with E-state index in [-0.39, 0.29) is 17.4 Å². The number of carbonyl (C=O) groups excluding carboxylic acids is 2. The van der Waals surface area contributed by atoms with Gasteiger partial charge >= 0.3 is 0 Å². The van der Waals surface area contributed by atoms with Gasteiger partial charge in [-0.2, -0.15) is 0 Å². The summed E-state index contributed by atoms with van der Waals surface area (Å²) in [4.78, 5) is 30.9. The Morgan fingerprint density at radius 1 is 1.00 bits per heavy atom. The van der Waals surface area contributed by atoms with Crippen molar-refractivity contribution >= 4 is 17.5 Å². The molecule has 25 heavy (non-hydrogen) atoms. The highest BCUT2D eigenvalue weighted by Gasteiger charge is 2.42. The second kappa shape index (κ2) is 7.14. The van der Waals surface area contributed by atoms with E-state index in [2.05, 4.69) is 29.2 Å². The van der Waals surface area contributed by atoms with Gasteiger partial charge in [0.1, 0.15) is 0 Å². The highest BCUT2D eigenvalue weighted by Crippen LogP contribution is 2.31. The summed E-state index contributed by atoms with van der Waals surface area (Å²) in [6.07, 6.45) is 2.20. The van der Waals surface area contributed by atoms with Crippen LogP contribution in [-0.2, 0) is 4.79 Å². The van der Waals surface area contributed by atoms with E-state index >= 15 is 0 Å². The lowest BCUT2D eigenvalue weighted by Gasteiger charge is -2.52. The molecule has 1 aromatic carbocycles. The SMILES string of the molecule is CC(=O)Nc1ccc(C(=O)N2CCN(C)C3(CCN(C)CC3)C2)cc1. The third kappa shape index (κ3) is 3.85. The van der Waals surface area contributed by atoms with Crippen LogP contribution >= 0.6 is 0 Å². The van der Waals surface area contributed by atoms with Crippen molar-refractivity contribution in [2.45, 2.75) is 25.3 Å². The van der Waals surface area contributed by atoms with E-state index in [1.54, 1.807) is 24.3 Å². The average Bonchev–Trinajstić information content (AvgIpc) is 2.59. The van der Waals surface area contributed by atoms with Crippen LogP contribution in [0, 0.1) is 0 Å². The molecule has 1 N–H and O–H groups in total. The van der Waals surface area contributed by atoms with E-state index in [0.29, 0.717) is 11.3 Å². The first kappa shape index (κ1) is 17.9. The highest BCUT2D eigenvalue weighted by molar-refractivity contribution is 5.95. The molecule has 0 aromatic heterocycles. The van der Waals surface area contributed by atoms with Crippen LogP contribution < -0.4 is 5.32 Å². The zero-order valence-corrected chi connectivity index (χ0v) is 15.4. The van der Waals surface area contributed by atoms with E-state index in [9.17, 15) is 9.59 Å². The molecule has 0 unspecified atom stereocenters. The summed E-state index contributed by atoms with van der Waals surface area (Å²) in [5, 5.41) is 2.73. The van der Waals surface area contributed by atoms with Gasteiger partial charge in [-0.3, -0.25) is 14.5 Å². The van der Waals surface area contributed by atoms with Gasteiger partial charge in [0, 0.05) is 43.3 Å². The van der Waals surface area contributed by atoms with Crippen LogP contribution in [0.1, 0.15) is 30.1 Å². The number of hydrogen-bond acceptors (Lipinski definition) is 4. The number of carbonyl (C=O) groups is 2. The number of anilines is 1. The molecule has 2 heterocycles. The average molecular weight is 344 g/mol. The van der Waals surface area contributed by atoms with Crippen LogP contribution in [0.15, 0.2) is 24.3 Å². The number of rotatable bonds is 2. The van der Waals surface area contributed by atoms with Crippen molar-refractivity contribution in [2.24, 2.45) is 0 Å². The van der Waals surface area contributed by atoms with E-state index in [1.165, 1.54) is 6.92 Å². The van der Waals surface area contributed by atoms with Gasteiger partial charge in [0.15, 0.2) is 0 Å². The van der Waals surface area contributed by atoms with Gasteiger partial charge in [-0.1, -0.05) is 0 Å². The Balaban J connectivity index is 1.70. The van der Waals surface area contributed by atoms with Crippen LogP contribution in [0.5, 0.6) is 0 Å². The van der Waals surface area contributed by atoms with Crippen LogP contribution in [0.25, 0.3) is 0 Å². The van der Waals surface area contributed by atoms with Gasteiger partial charge in [0.05, 0.1) is 0 Å². The first-order valence-electron chi connectivity index (χ1n) is 8.96. The number of hydrogen-bond donors (Lipinski definition) is 1. The summed E-state index contributed by atoms with van der Waals surface area (Å²) < 4.78 is 0. The first-order valence-corrected chi connectivity index (χ1v) is 8.96. The zero-order valence-electron chi connectivity index (χ0n) is 15.4. The van der Waals surface area contributed by atoms with Gasteiger partial charge in [-0.25, -0.2) is 0 Å². The van der Waals surface area contributed by atoms with E-state index in [0.717, 1.165) is 45.6 Å². The monoisotopic (exact) mass is 344 g/mol. The number of benzene rings is 1. The second-order valence-electron chi connectivity index (χ2n) is 7.43. The molecule has 1 spiro atoms. The summed E-state index contributed by atoms with van der Waals surface area (Å²) in [7, 11) is 4.35. The normalized spacial score (nSPS) is 21.3. The Hall–Kier alpha value is -1.92. The molecular weight excluding hydrogens is 316 g/mol. The second-order valence-corrected chi connectivity index (χ2v) is 7.43. The molecule has 136 valence electrons. The third-order valence-electron chi connectivity index (χ3n) is 5.66. The molecule has 0 radical (unpaired) electrons. The predicted octanol–water partition coefficient (Wildman–Crippen LogP) is 1.50. The fourth-order valence-electron chi connectivity index (χ4n) is 3.89. The van der Waals surface area contributed by atoms with Crippen molar-refractivity contribution in [3.63, 3.8) is 0 Å². The van der Waals surface area contributed by atoms with Crippen molar-refractivity contribution in [2.75, 3.05) is 52.1 Å². The van der Waals surface area contributed by atoms with Gasteiger partial charge in [0.25, 0.3) is 5.91 Å². The topological polar surface area (TPSA) is 55.9 Å². The number of amides is 2. The predicted molar refractivity (Wildman–Crippen MR) is 98.7 cm³/mol. The molecule has 0 bridgehead atoms. The number of nitrogens with one attached hydrogen (secondary N) is 1. The maximum absolute atomic E-state index is 12.9. The molecular formula is C19H28N4O2. The molecule has 2 saturated heterocycles. The van der Waals surface area contributed by atoms with Gasteiger partial charge < -0.3 is 15.1 Å². The Morgan fingerprint density at radius 2 is 1.64 bits per heavy atom. The van der Waals surface area contributed by atoms with Crippen LogP contribution in [-0.4, -0.2) is 78.9 Å². The molecule has 6 heteroatoms. The van der Waals surface area contributed by atoms with E-state index in [1.807, 2.05) is 4.90 Å². The van der Waals surface area contributed by atoms with E-state index in [4.69, 9.17) is 0 Å². The zero-order chi connectivity index (χ0) is 18.0. The lowest BCUT2D eigenvalue weighted by molar-refractivity contribution is -0.114. The Labute approximate surface area is 149 Å². The summed E-state index contributed by atoms with van der Waals surface area (Å²) >= 11 is 0. The molecule has 2 aliphatic rings. The number of likely N-dealkylation sites (tertiary alicyclic amines) is 1. The van der Waals surface area contributed by atoms with Crippen molar-refractivity contribution in [3.05, 3.63) is 29.8 Å². The maximum atomic E-state index is 12.9. The lowest BCUT2D eigenvalue weighted by Crippen LogP contribution is -2.64. The third-order valence-corrected chi connectivity index (χ3v) is 5.66. The largest absolute Gasteiger partial charge is 0.336 e. The number of piperidine rings is 1. The minimum Gasteiger partial charge on any atom is -0.336 e. The highest BCUT2D eigenvalue weighted by atomic mass is 16.2. The molecule has 3 rings (SSSR count). The summed E-state index contributed by atoms with van der Waals surface area (Å²) in [6.45, 7) is 6.11. The molecule has 2 amide bonds. The minimum atomic E-state index is -0.109. The number of piperazine rings is 1. The van der Waals surface area contributed by atoms with Gasteiger partial charge in [-0.15, -0.1) is 0 Å². The number of nitrogens with zero attached hydrogens (tertiary/aromatic N) is 3. The number of likely N-dealkylation sites (N-methyl/N-ethyl adjacent to an activating group) is 1. The molecule has 0 atom stereocenters. The molecule has 0 saturated carbocycles. The Bertz CT molecular complexity index is 635. The Kier molecular flexibility index (Phi) is 5.11. The first-order chi connectivity index (χ1) is 11.9. The minimum absolute atomic E-state index is 0.0841. The maximum Gasteiger partial charge on any atom is 0.253 e. The summed E-state index contributed by atoms with van der Waals surface area (Å²) in [6, 6.07) is 7.17. The van der Waals surface area contributed by atoms with Crippen molar-refractivity contribution in [1.82, 2.24) is 14.7 Å². The fraction of sp³-hybridized carbons (Fsp3) is 0.579. The van der Waals surface area contributed by atoms with Gasteiger partial charge in [0.2, 0.25) is 5.91 Å². The van der Waals surface area contributed by atoms with Gasteiger partial charge in [-0.05, 0) is 64.3 Å². The Morgan fingerprint density at radius 3 is 2.24 bits per heavy atom. The van der Waals surface area contributed by atoms with E-state index < -0.39 is 0 Å². The fourth-order valence-corrected chi connectivity index (χ4v) is 3.89.